The smallest absolute Gasteiger partial charge is 0.141 e. The first-order chi connectivity index (χ1) is 8.45. The van der Waals surface area contributed by atoms with E-state index < -0.39 is 0 Å². The lowest BCUT2D eigenvalue weighted by Crippen LogP contribution is -2.33. The molecular formula is C11H22N6O. The van der Waals surface area contributed by atoms with Crippen molar-refractivity contribution in [1.82, 2.24) is 19.7 Å². The number of rotatable bonds is 6. The highest BCUT2D eigenvalue weighted by atomic mass is 16.4. The fourth-order valence-corrected chi connectivity index (χ4v) is 1.70. The Bertz CT molecular complexity index is 400. The summed E-state index contributed by atoms with van der Waals surface area (Å²) in [6, 6.07) is 0.452. The summed E-state index contributed by atoms with van der Waals surface area (Å²) in [4.78, 5) is 6.36. The van der Waals surface area contributed by atoms with E-state index in [0.29, 0.717) is 13.0 Å². The van der Waals surface area contributed by atoms with Crippen molar-refractivity contribution in [2.75, 3.05) is 7.05 Å². The topological polar surface area (TPSA) is 92.6 Å². The zero-order valence-corrected chi connectivity index (χ0v) is 11.4. The summed E-state index contributed by atoms with van der Waals surface area (Å²) in [7, 11) is 1.98. The van der Waals surface area contributed by atoms with E-state index in [1.165, 1.54) is 0 Å². The summed E-state index contributed by atoms with van der Waals surface area (Å²) >= 11 is 0. The molecule has 18 heavy (non-hydrogen) atoms. The second kappa shape index (κ2) is 6.34. The maximum atomic E-state index is 8.56. The van der Waals surface area contributed by atoms with E-state index in [-0.39, 0.29) is 17.9 Å². The molecule has 0 bridgehead atoms. The van der Waals surface area contributed by atoms with Gasteiger partial charge in [0.25, 0.3) is 0 Å². The van der Waals surface area contributed by atoms with Gasteiger partial charge in [-0.1, -0.05) is 5.16 Å². The van der Waals surface area contributed by atoms with E-state index in [1.54, 1.807) is 6.33 Å². The minimum absolute atomic E-state index is 0.165. The maximum absolute atomic E-state index is 8.56. The van der Waals surface area contributed by atoms with Crippen molar-refractivity contribution >= 4 is 5.84 Å². The summed E-state index contributed by atoms with van der Waals surface area (Å²) in [5, 5.41) is 15.7. The SMILES string of the molecule is CC(CC(N)=NO)N(C)Cc1ncnn1C(C)C. The molecule has 7 heteroatoms. The monoisotopic (exact) mass is 254 g/mol. The molecule has 0 fully saturated rings. The molecule has 1 aromatic rings. The van der Waals surface area contributed by atoms with E-state index in [2.05, 4.69) is 34.0 Å². The van der Waals surface area contributed by atoms with Gasteiger partial charge in [0.2, 0.25) is 0 Å². The molecule has 0 saturated carbocycles. The molecule has 0 amide bonds. The Kier molecular flexibility index (Phi) is 5.08. The van der Waals surface area contributed by atoms with Crippen LogP contribution in [0.15, 0.2) is 11.5 Å². The number of nitrogens with zero attached hydrogens (tertiary/aromatic N) is 5. The van der Waals surface area contributed by atoms with Gasteiger partial charge >= 0.3 is 0 Å². The number of nitrogens with two attached hydrogens (primary N) is 1. The molecule has 0 saturated heterocycles. The van der Waals surface area contributed by atoms with Gasteiger partial charge in [-0.15, -0.1) is 0 Å². The molecule has 3 N–H and O–H groups in total. The summed E-state index contributed by atoms with van der Waals surface area (Å²) in [5.41, 5.74) is 5.50. The molecule has 0 radical (unpaired) electrons. The number of hydrogen-bond acceptors (Lipinski definition) is 5. The predicted octanol–water partition coefficient (Wildman–Crippen LogP) is 0.816. The number of oxime groups is 1. The van der Waals surface area contributed by atoms with Gasteiger partial charge in [0.1, 0.15) is 18.0 Å². The molecule has 0 aromatic carbocycles. The summed E-state index contributed by atoms with van der Waals surface area (Å²) < 4.78 is 1.90. The highest BCUT2D eigenvalue weighted by Gasteiger charge is 2.15. The highest BCUT2D eigenvalue weighted by molar-refractivity contribution is 5.80. The van der Waals surface area contributed by atoms with Gasteiger partial charge in [-0.25, -0.2) is 9.67 Å². The minimum Gasteiger partial charge on any atom is -0.409 e. The molecule has 0 aliphatic heterocycles. The predicted molar refractivity (Wildman–Crippen MR) is 69.4 cm³/mol. The van der Waals surface area contributed by atoms with Crippen LogP contribution in [0, 0.1) is 0 Å². The maximum Gasteiger partial charge on any atom is 0.141 e. The van der Waals surface area contributed by atoms with E-state index in [1.807, 2.05) is 18.7 Å². The van der Waals surface area contributed by atoms with Crippen LogP contribution in [0.2, 0.25) is 0 Å². The van der Waals surface area contributed by atoms with Gasteiger partial charge in [-0.2, -0.15) is 5.10 Å². The van der Waals surface area contributed by atoms with Crippen LogP contribution in [0.25, 0.3) is 0 Å². The van der Waals surface area contributed by atoms with Crippen molar-refractivity contribution in [2.45, 2.75) is 45.8 Å². The molecule has 0 aliphatic carbocycles. The minimum atomic E-state index is 0.165. The molecule has 1 rings (SSSR count). The molecule has 102 valence electrons. The molecule has 1 atom stereocenters. The molecule has 0 spiro atoms. The zero-order chi connectivity index (χ0) is 13.7. The molecule has 7 nitrogen and oxygen atoms in total. The first kappa shape index (κ1) is 14.4. The summed E-state index contributed by atoms with van der Waals surface area (Å²) in [6.45, 7) is 6.84. The lowest BCUT2D eigenvalue weighted by atomic mass is 10.2. The zero-order valence-electron chi connectivity index (χ0n) is 11.4. The van der Waals surface area contributed by atoms with Crippen molar-refractivity contribution < 1.29 is 5.21 Å². The Labute approximate surface area is 107 Å². The van der Waals surface area contributed by atoms with Gasteiger partial charge in [0.05, 0.1) is 6.54 Å². The van der Waals surface area contributed by atoms with Crippen molar-refractivity contribution in [3.63, 3.8) is 0 Å². The van der Waals surface area contributed by atoms with Crippen LogP contribution >= 0.6 is 0 Å². The van der Waals surface area contributed by atoms with Gasteiger partial charge in [0.15, 0.2) is 0 Å². The Morgan fingerprint density at radius 3 is 2.78 bits per heavy atom. The van der Waals surface area contributed by atoms with E-state index >= 15 is 0 Å². The van der Waals surface area contributed by atoms with Gasteiger partial charge in [-0.3, -0.25) is 4.90 Å². The van der Waals surface area contributed by atoms with Gasteiger partial charge in [-0.05, 0) is 27.8 Å². The van der Waals surface area contributed by atoms with Gasteiger partial charge < -0.3 is 10.9 Å². The third kappa shape index (κ3) is 3.69. The van der Waals surface area contributed by atoms with Crippen LogP contribution in [0.4, 0.5) is 0 Å². The number of amidine groups is 1. The summed E-state index contributed by atoms with van der Waals surface area (Å²) in [5.74, 6) is 1.15. The molecule has 1 heterocycles. The van der Waals surface area contributed by atoms with Gasteiger partial charge in [0, 0.05) is 18.5 Å². The van der Waals surface area contributed by atoms with Crippen LogP contribution in [-0.2, 0) is 6.54 Å². The van der Waals surface area contributed by atoms with E-state index in [0.717, 1.165) is 5.82 Å². The highest BCUT2D eigenvalue weighted by Crippen LogP contribution is 2.10. The van der Waals surface area contributed by atoms with Crippen molar-refractivity contribution in [3.05, 3.63) is 12.2 Å². The van der Waals surface area contributed by atoms with Crippen LogP contribution < -0.4 is 5.73 Å². The second-order valence-electron chi connectivity index (χ2n) is 4.77. The lowest BCUT2D eigenvalue weighted by molar-refractivity contribution is 0.238. The second-order valence-corrected chi connectivity index (χ2v) is 4.77. The third-order valence-electron chi connectivity index (χ3n) is 2.91. The average molecular weight is 254 g/mol. The van der Waals surface area contributed by atoms with Crippen LogP contribution in [-0.4, -0.2) is 43.8 Å². The normalized spacial score (nSPS) is 14.4. The van der Waals surface area contributed by atoms with Crippen molar-refractivity contribution in [2.24, 2.45) is 10.9 Å². The fourth-order valence-electron chi connectivity index (χ4n) is 1.70. The Balaban J connectivity index is 2.63. The first-order valence-corrected chi connectivity index (χ1v) is 6.00. The van der Waals surface area contributed by atoms with Crippen LogP contribution in [0.1, 0.15) is 39.1 Å². The summed E-state index contributed by atoms with van der Waals surface area (Å²) in [6.07, 6.45) is 2.08. The fraction of sp³-hybridized carbons (Fsp3) is 0.727. The molecule has 1 aromatic heterocycles. The number of hydrogen-bond donors (Lipinski definition) is 2. The average Bonchev–Trinajstić information content (AvgIpc) is 2.76. The quantitative estimate of drug-likeness (QED) is 0.339. The Morgan fingerprint density at radius 1 is 1.56 bits per heavy atom. The van der Waals surface area contributed by atoms with Crippen LogP contribution in [0.5, 0.6) is 0 Å². The lowest BCUT2D eigenvalue weighted by Gasteiger charge is -2.24. The first-order valence-electron chi connectivity index (χ1n) is 6.00. The van der Waals surface area contributed by atoms with Crippen LogP contribution in [0.3, 0.4) is 0 Å². The van der Waals surface area contributed by atoms with Crippen molar-refractivity contribution in [3.8, 4) is 0 Å². The molecule has 0 aliphatic rings. The standard InChI is InChI=1S/C11H22N6O/c1-8(2)17-11(13-7-14-17)6-16(4)9(3)5-10(12)15-18/h7-9,18H,5-6H2,1-4H3,(H2,12,15). The van der Waals surface area contributed by atoms with Crippen molar-refractivity contribution in [1.29, 1.82) is 0 Å². The van der Waals surface area contributed by atoms with E-state index in [9.17, 15) is 0 Å². The molecular weight excluding hydrogens is 232 g/mol. The largest absolute Gasteiger partial charge is 0.409 e. The third-order valence-corrected chi connectivity index (χ3v) is 2.91. The Hall–Kier alpha value is -1.63. The van der Waals surface area contributed by atoms with E-state index in [4.69, 9.17) is 10.9 Å². The Morgan fingerprint density at radius 2 is 2.22 bits per heavy atom. The number of aromatic nitrogens is 3. The molecule has 1 unspecified atom stereocenters.